The molecule has 0 saturated carbocycles. The topological polar surface area (TPSA) is 64.1 Å². The van der Waals surface area contributed by atoms with Crippen molar-refractivity contribution >= 4 is 5.96 Å². The van der Waals surface area contributed by atoms with Crippen molar-refractivity contribution in [2.24, 2.45) is 4.99 Å². The van der Waals surface area contributed by atoms with Crippen LogP contribution in [0.5, 0.6) is 17.2 Å². The fraction of sp³-hybridized carbons (Fsp3) is 0.350. The zero-order chi connectivity index (χ0) is 19.9. The van der Waals surface area contributed by atoms with E-state index in [9.17, 15) is 8.78 Å². The number of hydrogen-bond donors (Lipinski definition) is 2. The molecular formula is C20H23F2N3O3. The second kappa shape index (κ2) is 9.25. The van der Waals surface area contributed by atoms with Gasteiger partial charge >= 0.3 is 6.61 Å². The van der Waals surface area contributed by atoms with Gasteiger partial charge in [0.05, 0.1) is 0 Å². The maximum atomic E-state index is 12.7. The van der Waals surface area contributed by atoms with E-state index < -0.39 is 6.61 Å². The van der Waals surface area contributed by atoms with Crippen LogP contribution in [0.15, 0.2) is 47.5 Å². The summed E-state index contributed by atoms with van der Waals surface area (Å²) in [6.07, 6.45) is 0. The van der Waals surface area contributed by atoms with Crippen molar-refractivity contribution in [1.82, 2.24) is 10.6 Å². The Morgan fingerprint density at radius 1 is 1.14 bits per heavy atom. The Labute approximate surface area is 162 Å². The molecule has 28 heavy (non-hydrogen) atoms. The van der Waals surface area contributed by atoms with Crippen molar-refractivity contribution in [2.75, 3.05) is 20.4 Å². The maximum Gasteiger partial charge on any atom is 0.387 e. The van der Waals surface area contributed by atoms with E-state index in [4.69, 9.17) is 9.47 Å². The number of guanidine groups is 1. The number of benzene rings is 2. The number of halogens is 2. The lowest BCUT2D eigenvalue weighted by molar-refractivity contribution is -0.0505. The van der Waals surface area contributed by atoms with Gasteiger partial charge in [0, 0.05) is 31.8 Å². The number of alkyl halides is 2. The first-order chi connectivity index (χ1) is 13.6. The third kappa shape index (κ3) is 5.03. The first-order valence-corrected chi connectivity index (χ1v) is 8.93. The van der Waals surface area contributed by atoms with Crippen LogP contribution < -0.4 is 24.8 Å². The molecule has 0 amide bonds. The molecule has 2 aromatic rings. The molecule has 1 unspecified atom stereocenters. The maximum absolute atomic E-state index is 12.7. The summed E-state index contributed by atoms with van der Waals surface area (Å²) in [6.45, 7) is 0.148. The first-order valence-electron chi connectivity index (χ1n) is 8.93. The third-order valence-electron chi connectivity index (χ3n) is 4.39. The van der Waals surface area contributed by atoms with Gasteiger partial charge in [0.1, 0.15) is 5.75 Å². The van der Waals surface area contributed by atoms with Crippen molar-refractivity contribution < 1.29 is 23.0 Å². The number of nitrogens with one attached hydrogen (secondary N) is 2. The van der Waals surface area contributed by atoms with Crippen LogP contribution in [0.2, 0.25) is 0 Å². The molecule has 1 aliphatic rings. The van der Waals surface area contributed by atoms with E-state index in [2.05, 4.69) is 39.4 Å². The molecule has 3 rings (SSSR count). The minimum Gasteiger partial charge on any atom is -0.454 e. The number of hydrogen-bond acceptors (Lipinski definition) is 4. The van der Waals surface area contributed by atoms with Crippen LogP contribution in [0, 0.1) is 0 Å². The van der Waals surface area contributed by atoms with Crippen molar-refractivity contribution in [1.29, 1.82) is 0 Å². The Bertz CT molecular complexity index is 816. The van der Waals surface area contributed by atoms with E-state index in [1.807, 2.05) is 18.2 Å². The van der Waals surface area contributed by atoms with E-state index >= 15 is 0 Å². The summed E-state index contributed by atoms with van der Waals surface area (Å²) in [7, 11) is 1.65. The van der Waals surface area contributed by atoms with Crippen molar-refractivity contribution in [3.63, 3.8) is 0 Å². The average molecular weight is 391 g/mol. The van der Waals surface area contributed by atoms with E-state index in [-0.39, 0.29) is 25.0 Å². The molecule has 0 radical (unpaired) electrons. The molecule has 2 N–H and O–H groups in total. The Kier molecular flexibility index (Phi) is 6.52. The fourth-order valence-electron chi connectivity index (χ4n) is 2.86. The van der Waals surface area contributed by atoms with Gasteiger partial charge in [0.15, 0.2) is 17.5 Å². The Morgan fingerprint density at radius 2 is 1.86 bits per heavy atom. The van der Waals surface area contributed by atoms with Crippen molar-refractivity contribution in [3.8, 4) is 17.2 Å². The fourth-order valence-corrected chi connectivity index (χ4v) is 2.86. The minimum atomic E-state index is -2.93. The molecule has 0 aromatic heterocycles. The largest absolute Gasteiger partial charge is 0.454 e. The summed E-state index contributed by atoms with van der Waals surface area (Å²) in [4.78, 5) is 4.18. The van der Waals surface area contributed by atoms with Crippen molar-refractivity contribution in [2.45, 2.75) is 26.0 Å². The summed E-state index contributed by atoms with van der Waals surface area (Å²) in [5.41, 5.74) is 1.73. The van der Waals surface area contributed by atoms with Crippen LogP contribution in [-0.4, -0.2) is 33.0 Å². The summed E-state index contributed by atoms with van der Waals surface area (Å²) < 4.78 is 40.6. The second-order valence-corrected chi connectivity index (χ2v) is 6.31. The van der Waals surface area contributed by atoms with Gasteiger partial charge in [-0.25, -0.2) is 0 Å². The molecule has 0 bridgehead atoms. The Balaban J connectivity index is 1.61. The lowest BCUT2D eigenvalue weighted by Gasteiger charge is -2.17. The summed E-state index contributed by atoms with van der Waals surface area (Å²) >= 11 is 0. The highest BCUT2D eigenvalue weighted by molar-refractivity contribution is 5.79. The van der Waals surface area contributed by atoms with Gasteiger partial charge in [0.2, 0.25) is 6.79 Å². The first kappa shape index (κ1) is 19.7. The van der Waals surface area contributed by atoms with Gasteiger partial charge < -0.3 is 24.8 Å². The molecule has 150 valence electrons. The quantitative estimate of drug-likeness (QED) is 0.559. The van der Waals surface area contributed by atoms with Gasteiger partial charge in [-0.1, -0.05) is 37.3 Å². The predicted molar refractivity (Wildman–Crippen MR) is 102 cm³/mol. The van der Waals surface area contributed by atoms with E-state index in [1.54, 1.807) is 13.1 Å². The van der Waals surface area contributed by atoms with E-state index in [0.717, 1.165) is 0 Å². The van der Waals surface area contributed by atoms with Crippen LogP contribution in [0.1, 0.15) is 24.0 Å². The zero-order valence-corrected chi connectivity index (χ0v) is 15.7. The molecule has 0 fully saturated rings. The summed E-state index contributed by atoms with van der Waals surface area (Å²) in [5, 5.41) is 6.36. The summed E-state index contributed by atoms with van der Waals surface area (Å²) in [5.74, 6) is 1.77. The highest BCUT2D eigenvalue weighted by Crippen LogP contribution is 2.38. The molecule has 0 spiro atoms. The average Bonchev–Trinajstić information content (AvgIpc) is 3.15. The second-order valence-electron chi connectivity index (χ2n) is 6.31. The number of aliphatic imine (C=N–C) groups is 1. The van der Waals surface area contributed by atoms with Gasteiger partial charge in [-0.2, -0.15) is 8.78 Å². The van der Waals surface area contributed by atoms with Crippen LogP contribution in [0.4, 0.5) is 8.78 Å². The minimum absolute atomic E-state index is 0.0415. The molecule has 1 heterocycles. The van der Waals surface area contributed by atoms with Gasteiger partial charge in [-0.3, -0.25) is 4.99 Å². The van der Waals surface area contributed by atoms with E-state index in [0.29, 0.717) is 29.6 Å². The molecule has 1 aliphatic heterocycles. The lowest BCUT2D eigenvalue weighted by atomic mass is 10.0. The standard InChI is InChI=1S/C20H23F2N3O3/c1-13(14-6-4-3-5-7-14)10-24-20(23-2)25-11-15-8-17-18(27-12-26-17)9-16(15)28-19(21)22/h3-9,13,19H,10-12H2,1-2H3,(H2,23,24,25). The normalized spacial score (nSPS) is 14.1. The Hall–Kier alpha value is -3.03. The van der Waals surface area contributed by atoms with Crippen LogP contribution in [0.25, 0.3) is 0 Å². The monoisotopic (exact) mass is 391 g/mol. The molecule has 2 aromatic carbocycles. The lowest BCUT2D eigenvalue weighted by Crippen LogP contribution is -2.38. The molecule has 6 nitrogen and oxygen atoms in total. The number of ether oxygens (including phenoxy) is 3. The smallest absolute Gasteiger partial charge is 0.387 e. The van der Waals surface area contributed by atoms with E-state index in [1.165, 1.54) is 11.6 Å². The highest BCUT2D eigenvalue weighted by Gasteiger charge is 2.20. The molecule has 0 saturated heterocycles. The van der Waals surface area contributed by atoms with Gasteiger partial charge in [0.25, 0.3) is 0 Å². The van der Waals surface area contributed by atoms with Crippen LogP contribution >= 0.6 is 0 Å². The van der Waals surface area contributed by atoms with Gasteiger partial charge in [-0.15, -0.1) is 0 Å². The SMILES string of the molecule is CN=C(NCc1cc2c(cc1OC(F)F)OCO2)NCC(C)c1ccccc1. The van der Waals surface area contributed by atoms with Gasteiger partial charge in [-0.05, 0) is 17.5 Å². The van der Waals surface area contributed by atoms with Crippen molar-refractivity contribution in [3.05, 3.63) is 53.6 Å². The Morgan fingerprint density at radius 3 is 2.54 bits per heavy atom. The van der Waals surface area contributed by atoms with Crippen LogP contribution in [0.3, 0.4) is 0 Å². The number of fused-ring (bicyclic) bond motifs is 1. The highest BCUT2D eigenvalue weighted by atomic mass is 19.3. The van der Waals surface area contributed by atoms with Crippen LogP contribution in [-0.2, 0) is 6.54 Å². The molecule has 1 atom stereocenters. The molecule has 8 heteroatoms. The number of rotatable bonds is 7. The summed E-state index contributed by atoms with van der Waals surface area (Å²) in [6, 6.07) is 13.2. The number of nitrogens with zero attached hydrogens (tertiary/aromatic N) is 1. The predicted octanol–water partition coefficient (Wildman–Crippen LogP) is 3.49. The third-order valence-corrected chi connectivity index (χ3v) is 4.39. The molecule has 0 aliphatic carbocycles. The zero-order valence-electron chi connectivity index (χ0n) is 15.7. The molecular weight excluding hydrogens is 368 g/mol.